The molecule has 1 aliphatic rings. The number of nitrogens with one attached hydrogen (secondary N) is 1. The number of carbonyl (C=O) groups is 1. The molecule has 1 rings (SSSR count). The van der Waals surface area contributed by atoms with Crippen LogP contribution in [0.4, 0.5) is 0 Å². The molecule has 0 aromatic heterocycles. The molecule has 3 nitrogen and oxygen atoms in total. The van der Waals surface area contributed by atoms with Crippen molar-refractivity contribution in [1.82, 2.24) is 5.32 Å². The van der Waals surface area contributed by atoms with E-state index in [1.807, 2.05) is 6.08 Å². The second-order valence-corrected chi connectivity index (χ2v) is 3.35. The summed E-state index contributed by atoms with van der Waals surface area (Å²) in [4.78, 5) is 10.7. The first-order valence-electron chi connectivity index (χ1n) is 4.78. The van der Waals surface area contributed by atoms with Crippen molar-refractivity contribution in [2.24, 2.45) is 5.92 Å². The largest absolute Gasteiger partial charge is 0.466 e. The van der Waals surface area contributed by atoms with E-state index in [-0.39, 0.29) is 5.97 Å². The van der Waals surface area contributed by atoms with Gasteiger partial charge in [0.15, 0.2) is 0 Å². The fourth-order valence-corrected chi connectivity index (χ4v) is 1.54. The van der Waals surface area contributed by atoms with Crippen molar-refractivity contribution >= 4 is 5.97 Å². The molecular formula is C10H17NO2. The Kier molecular flexibility index (Phi) is 4.54. The van der Waals surface area contributed by atoms with Crippen LogP contribution in [0.1, 0.15) is 19.3 Å². The molecule has 0 saturated carbocycles. The van der Waals surface area contributed by atoms with Gasteiger partial charge < -0.3 is 10.1 Å². The fourth-order valence-electron chi connectivity index (χ4n) is 1.54. The summed E-state index contributed by atoms with van der Waals surface area (Å²) in [6, 6.07) is 0. The third-order valence-corrected chi connectivity index (χ3v) is 2.38. The molecule has 0 aromatic rings. The van der Waals surface area contributed by atoms with E-state index in [0.717, 1.165) is 25.4 Å². The number of piperidine rings is 1. The van der Waals surface area contributed by atoms with E-state index in [2.05, 4.69) is 10.1 Å². The van der Waals surface area contributed by atoms with Crippen LogP contribution >= 0.6 is 0 Å². The fraction of sp³-hybridized carbons (Fsp3) is 0.700. The standard InChI is InChI=1S/C10H17NO2/c1-13-10(12)4-2-3-9-5-7-11-8-6-9/h2,4,9,11H,3,5-8H2,1H3. The highest BCUT2D eigenvalue weighted by molar-refractivity contribution is 5.81. The van der Waals surface area contributed by atoms with Crippen molar-refractivity contribution in [3.05, 3.63) is 12.2 Å². The van der Waals surface area contributed by atoms with Gasteiger partial charge in [-0.05, 0) is 38.3 Å². The third-order valence-electron chi connectivity index (χ3n) is 2.38. The van der Waals surface area contributed by atoms with Crippen molar-refractivity contribution < 1.29 is 9.53 Å². The molecule has 74 valence electrons. The molecule has 0 aliphatic carbocycles. The summed E-state index contributed by atoms with van der Waals surface area (Å²) >= 11 is 0. The van der Waals surface area contributed by atoms with Crippen molar-refractivity contribution in [3.8, 4) is 0 Å². The van der Waals surface area contributed by atoms with Crippen LogP contribution in [0.15, 0.2) is 12.2 Å². The third kappa shape index (κ3) is 4.08. The summed E-state index contributed by atoms with van der Waals surface area (Å²) in [6.45, 7) is 2.22. The Balaban J connectivity index is 2.16. The molecule has 13 heavy (non-hydrogen) atoms. The number of hydrogen-bond acceptors (Lipinski definition) is 3. The minimum Gasteiger partial charge on any atom is -0.466 e. The van der Waals surface area contributed by atoms with E-state index < -0.39 is 0 Å². The van der Waals surface area contributed by atoms with Crippen LogP contribution in [0.2, 0.25) is 0 Å². The molecule has 0 unspecified atom stereocenters. The summed E-state index contributed by atoms with van der Waals surface area (Å²) in [7, 11) is 1.40. The maximum atomic E-state index is 10.7. The van der Waals surface area contributed by atoms with Gasteiger partial charge in [0.05, 0.1) is 7.11 Å². The van der Waals surface area contributed by atoms with Gasteiger partial charge in [0.25, 0.3) is 0 Å². The van der Waals surface area contributed by atoms with Gasteiger partial charge in [-0.25, -0.2) is 4.79 Å². The Labute approximate surface area is 79.2 Å². The molecule has 1 heterocycles. The number of esters is 1. The zero-order valence-corrected chi connectivity index (χ0v) is 8.08. The van der Waals surface area contributed by atoms with Gasteiger partial charge in [-0.3, -0.25) is 0 Å². The van der Waals surface area contributed by atoms with E-state index in [1.165, 1.54) is 26.0 Å². The van der Waals surface area contributed by atoms with Crippen molar-refractivity contribution in [1.29, 1.82) is 0 Å². The average molecular weight is 183 g/mol. The first-order chi connectivity index (χ1) is 6.33. The van der Waals surface area contributed by atoms with Crippen LogP contribution in [0.25, 0.3) is 0 Å². The van der Waals surface area contributed by atoms with Gasteiger partial charge in [0, 0.05) is 6.08 Å². The Morgan fingerprint density at radius 2 is 2.23 bits per heavy atom. The second-order valence-electron chi connectivity index (χ2n) is 3.35. The number of carbonyl (C=O) groups excluding carboxylic acids is 1. The first kappa shape index (κ1) is 10.3. The van der Waals surface area contributed by atoms with Crippen molar-refractivity contribution in [2.75, 3.05) is 20.2 Å². The van der Waals surface area contributed by atoms with Crippen LogP contribution < -0.4 is 5.32 Å². The van der Waals surface area contributed by atoms with E-state index in [1.54, 1.807) is 0 Å². The average Bonchev–Trinajstić information content (AvgIpc) is 2.19. The lowest BCUT2D eigenvalue weighted by Crippen LogP contribution is -2.27. The maximum absolute atomic E-state index is 10.7. The maximum Gasteiger partial charge on any atom is 0.330 e. The molecule has 1 aliphatic heterocycles. The minimum absolute atomic E-state index is 0.256. The highest BCUT2D eigenvalue weighted by Crippen LogP contribution is 2.15. The Morgan fingerprint density at radius 3 is 2.85 bits per heavy atom. The number of hydrogen-bond donors (Lipinski definition) is 1. The molecule has 0 amide bonds. The topological polar surface area (TPSA) is 38.3 Å². The predicted molar refractivity (Wildman–Crippen MR) is 51.4 cm³/mol. The summed E-state index contributed by atoms with van der Waals surface area (Å²) in [6.07, 6.45) is 6.86. The second kappa shape index (κ2) is 5.75. The highest BCUT2D eigenvalue weighted by Gasteiger charge is 2.10. The Hall–Kier alpha value is -0.830. The predicted octanol–water partition coefficient (Wildman–Crippen LogP) is 1.11. The summed E-state index contributed by atoms with van der Waals surface area (Å²) < 4.78 is 4.50. The van der Waals surface area contributed by atoms with Crippen LogP contribution in [-0.4, -0.2) is 26.2 Å². The molecule has 3 heteroatoms. The molecule has 0 radical (unpaired) electrons. The molecule has 1 N–H and O–H groups in total. The number of ether oxygens (including phenoxy) is 1. The zero-order valence-electron chi connectivity index (χ0n) is 8.08. The van der Waals surface area contributed by atoms with Crippen LogP contribution in [0, 0.1) is 5.92 Å². The smallest absolute Gasteiger partial charge is 0.330 e. The van der Waals surface area contributed by atoms with Crippen LogP contribution in [0.5, 0.6) is 0 Å². The first-order valence-corrected chi connectivity index (χ1v) is 4.78. The van der Waals surface area contributed by atoms with Crippen molar-refractivity contribution in [2.45, 2.75) is 19.3 Å². The van der Waals surface area contributed by atoms with Crippen molar-refractivity contribution in [3.63, 3.8) is 0 Å². The normalized spacial score (nSPS) is 19.2. The van der Waals surface area contributed by atoms with Gasteiger partial charge in [-0.15, -0.1) is 0 Å². The molecule has 1 saturated heterocycles. The Morgan fingerprint density at radius 1 is 1.54 bits per heavy atom. The molecular weight excluding hydrogens is 166 g/mol. The Bertz CT molecular complexity index is 183. The van der Waals surface area contributed by atoms with Gasteiger partial charge in [0.2, 0.25) is 0 Å². The van der Waals surface area contributed by atoms with Gasteiger partial charge in [0.1, 0.15) is 0 Å². The summed E-state index contributed by atoms with van der Waals surface area (Å²) in [5.74, 6) is 0.482. The highest BCUT2D eigenvalue weighted by atomic mass is 16.5. The van der Waals surface area contributed by atoms with E-state index in [0.29, 0.717) is 0 Å². The molecule has 0 aromatic carbocycles. The monoisotopic (exact) mass is 183 g/mol. The van der Waals surface area contributed by atoms with Gasteiger partial charge >= 0.3 is 5.97 Å². The molecule has 0 atom stereocenters. The SMILES string of the molecule is COC(=O)C=CCC1CCNCC1. The molecule has 0 spiro atoms. The van der Waals surface area contributed by atoms with Crippen LogP contribution in [0.3, 0.4) is 0 Å². The lowest BCUT2D eigenvalue weighted by Gasteiger charge is -2.20. The summed E-state index contributed by atoms with van der Waals surface area (Å²) in [5, 5.41) is 3.31. The molecule has 1 fully saturated rings. The van der Waals surface area contributed by atoms with Crippen LogP contribution in [-0.2, 0) is 9.53 Å². The number of allylic oxidation sites excluding steroid dienone is 1. The van der Waals surface area contributed by atoms with Gasteiger partial charge in [-0.2, -0.15) is 0 Å². The van der Waals surface area contributed by atoms with Gasteiger partial charge in [-0.1, -0.05) is 6.08 Å². The summed E-state index contributed by atoms with van der Waals surface area (Å²) in [5.41, 5.74) is 0. The van der Waals surface area contributed by atoms with E-state index in [9.17, 15) is 4.79 Å². The lowest BCUT2D eigenvalue weighted by molar-refractivity contribution is -0.134. The van der Waals surface area contributed by atoms with E-state index in [4.69, 9.17) is 0 Å². The lowest BCUT2D eigenvalue weighted by atomic mass is 9.95. The van der Waals surface area contributed by atoms with E-state index >= 15 is 0 Å². The number of methoxy groups -OCH3 is 1. The zero-order chi connectivity index (χ0) is 9.52. The number of rotatable bonds is 3. The quantitative estimate of drug-likeness (QED) is 0.526. The minimum atomic E-state index is -0.256. The molecule has 0 bridgehead atoms.